The molecule has 0 amide bonds. The lowest BCUT2D eigenvalue weighted by molar-refractivity contribution is 0.475. The first-order valence-corrected chi connectivity index (χ1v) is 6.89. The predicted octanol–water partition coefficient (Wildman–Crippen LogP) is 4.40. The van der Waals surface area contributed by atoms with E-state index in [0.29, 0.717) is 0 Å². The standard InChI is InChI=1S/C18H14N2O/c1-11-18-15(7-8-19-11)16-10-13(5-6-17(16)20-18)12-3-2-4-14(21)9-12/h2-10,20-21H,1H3. The van der Waals surface area contributed by atoms with Crippen molar-refractivity contribution in [3.05, 3.63) is 60.4 Å². The van der Waals surface area contributed by atoms with Crippen molar-refractivity contribution in [2.45, 2.75) is 6.92 Å². The van der Waals surface area contributed by atoms with Gasteiger partial charge in [0.2, 0.25) is 0 Å². The summed E-state index contributed by atoms with van der Waals surface area (Å²) in [7, 11) is 0. The Hall–Kier alpha value is -2.81. The average Bonchev–Trinajstić information content (AvgIpc) is 2.87. The minimum atomic E-state index is 0.284. The minimum absolute atomic E-state index is 0.284. The number of aromatic amines is 1. The molecule has 0 radical (unpaired) electrons. The van der Waals surface area contributed by atoms with Crippen LogP contribution in [-0.2, 0) is 0 Å². The Labute approximate surface area is 121 Å². The summed E-state index contributed by atoms with van der Waals surface area (Å²) in [5.74, 6) is 0.284. The molecule has 4 aromatic rings. The summed E-state index contributed by atoms with van der Waals surface area (Å²) in [6.45, 7) is 2.01. The van der Waals surface area contributed by atoms with Gasteiger partial charge in [-0.3, -0.25) is 4.98 Å². The molecular formula is C18H14N2O. The van der Waals surface area contributed by atoms with E-state index in [0.717, 1.165) is 27.9 Å². The van der Waals surface area contributed by atoms with Crippen LogP contribution >= 0.6 is 0 Å². The monoisotopic (exact) mass is 274 g/mol. The van der Waals surface area contributed by atoms with Gasteiger partial charge < -0.3 is 10.1 Å². The lowest BCUT2D eigenvalue weighted by Gasteiger charge is -2.03. The van der Waals surface area contributed by atoms with Gasteiger partial charge in [0.15, 0.2) is 0 Å². The number of pyridine rings is 1. The van der Waals surface area contributed by atoms with Crippen molar-refractivity contribution >= 4 is 21.8 Å². The zero-order valence-electron chi connectivity index (χ0n) is 11.6. The van der Waals surface area contributed by atoms with Crippen molar-refractivity contribution in [3.8, 4) is 16.9 Å². The largest absolute Gasteiger partial charge is 0.508 e. The van der Waals surface area contributed by atoms with E-state index in [1.54, 1.807) is 12.1 Å². The molecule has 2 N–H and O–H groups in total. The second-order valence-corrected chi connectivity index (χ2v) is 5.25. The van der Waals surface area contributed by atoms with E-state index in [2.05, 4.69) is 28.2 Å². The molecule has 3 nitrogen and oxygen atoms in total. The maximum absolute atomic E-state index is 9.64. The number of hydrogen-bond donors (Lipinski definition) is 2. The van der Waals surface area contributed by atoms with Gasteiger partial charge in [-0.05, 0) is 48.4 Å². The van der Waals surface area contributed by atoms with Crippen LogP contribution in [0.15, 0.2) is 54.7 Å². The van der Waals surface area contributed by atoms with Crippen LogP contribution in [0.4, 0.5) is 0 Å². The summed E-state index contributed by atoms with van der Waals surface area (Å²) >= 11 is 0. The van der Waals surface area contributed by atoms with Gasteiger partial charge in [0.1, 0.15) is 5.75 Å². The molecule has 21 heavy (non-hydrogen) atoms. The van der Waals surface area contributed by atoms with E-state index in [9.17, 15) is 5.11 Å². The molecule has 0 aliphatic rings. The van der Waals surface area contributed by atoms with E-state index in [-0.39, 0.29) is 5.75 Å². The van der Waals surface area contributed by atoms with Gasteiger partial charge in [-0.25, -0.2) is 0 Å². The van der Waals surface area contributed by atoms with Gasteiger partial charge in [-0.15, -0.1) is 0 Å². The fourth-order valence-corrected chi connectivity index (χ4v) is 2.82. The third-order valence-corrected chi connectivity index (χ3v) is 3.89. The van der Waals surface area contributed by atoms with Gasteiger partial charge in [0.25, 0.3) is 0 Å². The maximum atomic E-state index is 9.64. The first-order chi connectivity index (χ1) is 10.2. The summed E-state index contributed by atoms with van der Waals surface area (Å²) in [4.78, 5) is 7.75. The second-order valence-electron chi connectivity index (χ2n) is 5.25. The molecule has 4 rings (SSSR count). The topological polar surface area (TPSA) is 48.9 Å². The van der Waals surface area contributed by atoms with Crippen molar-refractivity contribution in [1.82, 2.24) is 9.97 Å². The molecule has 0 saturated heterocycles. The quantitative estimate of drug-likeness (QED) is 0.540. The molecule has 2 aromatic heterocycles. The van der Waals surface area contributed by atoms with E-state index < -0.39 is 0 Å². The number of aryl methyl sites for hydroxylation is 1. The van der Waals surface area contributed by atoms with Gasteiger partial charge >= 0.3 is 0 Å². The molecule has 0 bridgehead atoms. The van der Waals surface area contributed by atoms with Crippen LogP contribution in [0.25, 0.3) is 32.9 Å². The first-order valence-electron chi connectivity index (χ1n) is 6.89. The number of phenolic OH excluding ortho intramolecular Hbond substituents is 1. The molecule has 0 fully saturated rings. The minimum Gasteiger partial charge on any atom is -0.508 e. The Balaban J connectivity index is 2.01. The number of nitrogens with zero attached hydrogens (tertiary/aromatic N) is 1. The summed E-state index contributed by atoms with van der Waals surface area (Å²) in [5, 5.41) is 12.0. The second kappa shape index (κ2) is 4.35. The van der Waals surface area contributed by atoms with Gasteiger partial charge in [-0.1, -0.05) is 18.2 Å². The molecule has 0 aliphatic heterocycles. The molecule has 0 unspecified atom stereocenters. The van der Waals surface area contributed by atoms with Crippen molar-refractivity contribution in [1.29, 1.82) is 0 Å². The molecule has 0 atom stereocenters. The van der Waals surface area contributed by atoms with E-state index in [1.807, 2.05) is 31.3 Å². The van der Waals surface area contributed by atoms with Gasteiger partial charge in [-0.2, -0.15) is 0 Å². The zero-order chi connectivity index (χ0) is 14.4. The lowest BCUT2D eigenvalue weighted by Crippen LogP contribution is -1.80. The lowest BCUT2D eigenvalue weighted by atomic mass is 10.0. The predicted molar refractivity (Wildman–Crippen MR) is 85.4 cm³/mol. The van der Waals surface area contributed by atoms with Gasteiger partial charge in [0, 0.05) is 22.5 Å². The molecule has 0 saturated carbocycles. The number of benzene rings is 2. The smallest absolute Gasteiger partial charge is 0.116 e. The highest BCUT2D eigenvalue weighted by Gasteiger charge is 2.08. The highest BCUT2D eigenvalue weighted by molar-refractivity contribution is 6.09. The summed E-state index contributed by atoms with van der Waals surface area (Å²) < 4.78 is 0. The third kappa shape index (κ3) is 1.86. The van der Waals surface area contributed by atoms with Crippen LogP contribution in [0.3, 0.4) is 0 Å². The molecule has 102 valence electrons. The van der Waals surface area contributed by atoms with Crippen LogP contribution in [0.2, 0.25) is 0 Å². The number of rotatable bonds is 1. The zero-order valence-corrected chi connectivity index (χ0v) is 11.6. The Morgan fingerprint density at radius 1 is 0.952 bits per heavy atom. The van der Waals surface area contributed by atoms with Crippen molar-refractivity contribution < 1.29 is 5.11 Å². The third-order valence-electron chi connectivity index (χ3n) is 3.89. The van der Waals surface area contributed by atoms with Crippen molar-refractivity contribution in [2.75, 3.05) is 0 Å². The molecule has 2 aromatic carbocycles. The number of hydrogen-bond acceptors (Lipinski definition) is 2. The molecule has 0 spiro atoms. The number of fused-ring (bicyclic) bond motifs is 3. The number of aromatic nitrogens is 2. The van der Waals surface area contributed by atoms with Crippen molar-refractivity contribution in [2.24, 2.45) is 0 Å². The normalized spacial score (nSPS) is 11.3. The van der Waals surface area contributed by atoms with Crippen LogP contribution in [-0.4, -0.2) is 15.1 Å². The highest BCUT2D eigenvalue weighted by atomic mass is 16.3. The van der Waals surface area contributed by atoms with Crippen LogP contribution in [0, 0.1) is 6.92 Å². The Morgan fingerprint density at radius 2 is 1.81 bits per heavy atom. The highest BCUT2D eigenvalue weighted by Crippen LogP contribution is 2.31. The fourth-order valence-electron chi connectivity index (χ4n) is 2.82. The summed E-state index contributed by atoms with van der Waals surface area (Å²) in [5.41, 5.74) is 5.29. The van der Waals surface area contributed by atoms with Gasteiger partial charge in [0.05, 0.1) is 11.2 Å². The SMILES string of the molecule is Cc1nccc2c1[nH]c1ccc(-c3cccc(O)c3)cc12. The van der Waals surface area contributed by atoms with Crippen molar-refractivity contribution in [3.63, 3.8) is 0 Å². The van der Waals surface area contributed by atoms with Crippen LogP contribution < -0.4 is 0 Å². The van der Waals surface area contributed by atoms with E-state index in [1.165, 1.54) is 10.8 Å². The summed E-state index contributed by atoms with van der Waals surface area (Å²) in [6.07, 6.45) is 1.84. The number of aromatic hydroxyl groups is 1. The molecule has 2 heterocycles. The van der Waals surface area contributed by atoms with Crippen LogP contribution in [0.1, 0.15) is 5.69 Å². The number of H-pyrrole nitrogens is 1. The number of nitrogens with one attached hydrogen (secondary N) is 1. The van der Waals surface area contributed by atoms with E-state index in [4.69, 9.17) is 0 Å². The summed E-state index contributed by atoms with van der Waals surface area (Å²) in [6, 6.07) is 15.7. The number of phenols is 1. The Morgan fingerprint density at radius 3 is 2.67 bits per heavy atom. The molecular weight excluding hydrogens is 260 g/mol. The Kier molecular flexibility index (Phi) is 2.48. The average molecular weight is 274 g/mol. The van der Waals surface area contributed by atoms with Crippen LogP contribution in [0.5, 0.6) is 5.75 Å². The maximum Gasteiger partial charge on any atom is 0.116 e. The first kappa shape index (κ1) is 12.0. The fraction of sp³-hybridized carbons (Fsp3) is 0.0556. The van der Waals surface area contributed by atoms with E-state index >= 15 is 0 Å². The molecule has 0 aliphatic carbocycles. The Bertz CT molecular complexity index is 969. The molecule has 3 heteroatoms.